The first-order chi connectivity index (χ1) is 9.66. The fraction of sp³-hybridized carbons (Fsp3) is 0.571. The van der Waals surface area contributed by atoms with E-state index in [2.05, 4.69) is 5.32 Å². The average molecular weight is 294 g/mol. The zero-order valence-electron chi connectivity index (χ0n) is 11.2. The maximum Gasteiger partial charge on any atom is 0.331 e. The van der Waals surface area contributed by atoms with Crippen LogP contribution in [0.3, 0.4) is 0 Å². The van der Waals surface area contributed by atoms with E-state index in [9.17, 15) is 14.7 Å². The quantitative estimate of drug-likeness (QED) is 0.894. The summed E-state index contributed by atoms with van der Waals surface area (Å²) in [5.41, 5.74) is 0.770. The molecular weight excluding hydrogens is 276 g/mol. The Morgan fingerprint density at radius 2 is 2.25 bits per heavy atom. The first-order valence-corrected chi connectivity index (χ1v) is 7.88. The van der Waals surface area contributed by atoms with E-state index >= 15 is 0 Å². The standard InChI is InChI=1S/C14H18N2O3S/c17-13(18)12-10-5-8-20-11(10)4-7-16(12)14(19)15-6-3-9-1-2-9/h5,8-9,12H,1-4,6-7H2,(H,15,19)(H,17,18). The maximum atomic E-state index is 12.2. The van der Waals surface area contributed by atoms with Crippen molar-refractivity contribution in [3.63, 3.8) is 0 Å². The second-order valence-electron chi connectivity index (χ2n) is 5.45. The van der Waals surface area contributed by atoms with Crippen LogP contribution in [0.2, 0.25) is 0 Å². The van der Waals surface area contributed by atoms with Crippen LogP contribution in [0.5, 0.6) is 0 Å². The Hall–Kier alpha value is -1.56. The lowest BCUT2D eigenvalue weighted by molar-refractivity contribution is -0.142. The van der Waals surface area contributed by atoms with Crippen molar-refractivity contribution in [3.8, 4) is 0 Å². The van der Waals surface area contributed by atoms with Crippen LogP contribution < -0.4 is 5.32 Å². The molecule has 1 aliphatic heterocycles. The van der Waals surface area contributed by atoms with Crippen molar-refractivity contribution < 1.29 is 14.7 Å². The summed E-state index contributed by atoms with van der Waals surface area (Å²) in [5, 5.41) is 14.2. The Kier molecular flexibility index (Phi) is 3.65. The molecule has 0 bridgehead atoms. The number of hydrogen-bond acceptors (Lipinski definition) is 3. The van der Waals surface area contributed by atoms with Crippen LogP contribution in [-0.4, -0.2) is 35.1 Å². The number of carbonyl (C=O) groups is 2. The van der Waals surface area contributed by atoms with E-state index in [1.54, 1.807) is 11.3 Å². The number of hydrogen-bond donors (Lipinski definition) is 2. The van der Waals surface area contributed by atoms with Crippen LogP contribution in [-0.2, 0) is 11.2 Å². The lowest BCUT2D eigenvalue weighted by atomic mass is 10.0. The Labute approximate surface area is 121 Å². The summed E-state index contributed by atoms with van der Waals surface area (Å²) >= 11 is 1.57. The highest BCUT2D eigenvalue weighted by Crippen LogP contribution is 2.34. The number of fused-ring (bicyclic) bond motifs is 1. The van der Waals surface area contributed by atoms with Gasteiger partial charge in [0, 0.05) is 18.0 Å². The van der Waals surface area contributed by atoms with Crippen molar-refractivity contribution in [3.05, 3.63) is 21.9 Å². The van der Waals surface area contributed by atoms with E-state index in [0.717, 1.165) is 29.2 Å². The molecule has 0 spiro atoms. The van der Waals surface area contributed by atoms with Gasteiger partial charge in [0.25, 0.3) is 0 Å². The predicted octanol–water partition coefficient (Wildman–Crippen LogP) is 2.24. The van der Waals surface area contributed by atoms with Gasteiger partial charge in [0.05, 0.1) is 0 Å². The van der Waals surface area contributed by atoms with Crippen molar-refractivity contribution in [2.24, 2.45) is 5.92 Å². The number of aliphatic carboxylic acids is 1. The van der Waals surface area contributed by atoms with Gasteiger partial charge in [0.2, 0.25) is 0 Å². The summed E-state index contributed by atoms with van der Waals surface area (Å²) in [6, 6.07) is 0.725. The summed E-state index contributed by atoms with van der Waals surface area (Å²) in [6.45, 7) is 1.11. The zero-order valence-corrected chi connectivity index (χ0v) is 12.0. The Bertz CT molecular complexity index is 524. The largest absolute Gasteiger partial charge is 0.479 e. The van der Waals surface area contributed by atoms with Crippen LogP contribution in [0, 0.1) is 5.92 Å². The van der Waals surface area contributed by atoms with Gasteiger partial charge in [-0.15, -0.1) is 11.3 Å². The molecule has 0 aromatic carbocycles. The third-order valence-electron chi connectivity index (χ3n) is 3.99. The van der Waals surface area contributed by atoms with E-state index in [1.165, 1.54) is 17.7 Å². The van der Waals surface area contributed by atoms with Gasteiger partial charge in [-0.05, 0) is 35.8 Å². The van der Waals surface area contributed by atoms with Gasteiger partial charge in [-0.25, -0.2) is 9.59 Å². The number of rotatable bonds is 4. The van der Waals surface area contributed by atoms with Crippen LogP contribution in [0.25, 0.3) is 0 Å². The molecule has 1 atom stereocenters. The molecule has 2 heterocycles. The van der Waals surface area contributed by atoms with Crippen molar-refractivity contribution in [2.45, 2.75) is 31.7 Å². The molecule has 2 aliphatic rings. The molecule has 5 nitrogen and oxygen atoms in total. The number of nitrogens with zero attached hydrogens (tertiary/aromatic N) is 1. The lowest BCUT2D eigenvalue weighted by Gasteiger charge is -2.33. The number of carbonyl (C=O) groups excluding carboxylic acids is 1. The van der Waals surface area contributed by atoms with Crippen molar-refractivity contribution in [1.29, 1.82) is 0 Å². The highest BCUT2D eigenvalue weighted by molar-refractivity contribution is 7.10. The van der Waals surface area contributed by atoms with Gasteiger partial charge in [0.15, 0.2) is 6.04 Å². The van der Waals surface area contributed by atoms with E-state index in [0.29, 0.717) is 13.1 Å². The zero-order chi connectivity index (χ0) is 14.1. The van der Waals surface area contributed by atoms with Crippen LogP contribution in [0.4, 0.5) is 4.79 Å². The minimum absolute atomic E-state index is 0.255. The highest BCUT2D eigenvalue weighted by atomic mass is 32.1. The number of amides is 2. The van der Waals surface area contributed by atoms with E-state index in [1.807, 2.05) is 11.4 Å². The van der Waals surface area contributed by atoms with Gasteiger partial charge in [-0.2, -0.15) is 0 Å². The molecule has 1 aliphatic carbocycles. The highest BCUT2D eigenvalue weighted by Gasteiger charge is 2.36. The fourth-order valence-electron chi connectivity index (χ4n) is 2.69. The molecule has 1 fully saturated rings. The second kappa shape index (κ2) is 5.44. The molecule has 3 rings (SSSR count). The molecule has 6 heteroatoms. The maximum absolute atomic E-state index is 12.2. The minimum Gasteiger partial charge on any atom is -0.479 e. The molecule has 1 aromatic rings. The Morgan fingerprint density at radius 3 is 2.95 bits per heavy atom. The molecule has 108 valence electrons. The van der Waals surface area contributed by atoms with Gasteiger partial charge >= 0.3 is 12.0 Å². The summed E-state index contributed by atoms with van der Waals surface area (Å²) < 4.78 is 0. The van der Waals surface area contributed by atoms with Crippen molar-refractivity contribution in [2.75, 3.05) is 13.1 Å². The molecule has 20 heavy (non-hydrogen) atoms. The summed E-state index contributed by atoms with van der Waals surface area (Å²) in [5.74, 6) is -0.197. The number of urea groups is 1. The molecule has 1 unspecified atom stereocenters. The Balaban J connectivity index is 1.68. The average Bonchev–Trinajstić information content (AvgIpc) is 3.12. The number of carboxylic acid groups (broad SMARTS) is 1. The van der Waals surface area contributed by atoms with Crippen LogP contribution in [0.15, 0.2) is 11.4 Å². The van der Waals surface area contributed by atoms with Gasteiger partial charge in [-0.1, -0.05) is 12.8 Å². The first-order valence-electron chi connectivity index (χ1n) is 7.00. The number of carboxylic acids is 1. The third kappa shape index (κ3) is 2.65. The smallest absolute Gasteiger partial charge is 0.331 e. The second-order valence-corrected chi connectivity index (χ2v) is 6.45. The van der Waals surface area contributed by atoms with Gasteiger partial charge in [-0.3, -0.25) is 0 Å². The van der Waals surface area contributed by atoms with Crippen molar-refractivity contribution >= 4 is 23.3 Å². The molecule has 1 aromatic heterocycles. The lowest BCUT2D eigenvalue weighted by Crippen LogP contribution is -2.48. The van der Waals surface area contributed by atoms with Crippen molar-refractivity contribution in [1.82, 2.24) is 10.2 Å². The number of thiophene rings is 1. The van der Waals surface area contributed by atoms with Crippen LogP contribution >= 0.6 is 11.3 Å². The Morgan fingerprint density at radius 1 is 1.45 bits per heavy atom. The monoisotopic (exact) mass is 294 g/mol. The first kappa shape index (κ1) is 13.4. The summed E-state index contributed by atoms with van der Waals surface area (Å²) in [4.78, 5) is 26.2. The third-order valence-corrected chi connectivity index (χ3v) is 4.98. The SMILES string of the molecule is O=C(O)C1c2ccsc2CCN1C(=O)NCCC1CC1. The van der Waals surface area contributed by atoms with E-state index < -0.39 is 12.0 Å². The summed E-state index contributed by atoms with van der Waals surface area (Å²) in [7, 11) is 0. The molecule has 0 saturated heterocycles. The molecule has 0 radical (unpaired) electrons. The number of nitrogens with one attached hydrogen (secondary N) is 1. The summed E-state index contributed by atoms with van der Waals surface area (Å²) in [6.07, 6.45) is 4.26. The predicted molar refractivity (Wildman–Crippen MR) is 75.8 cm³/mol. The molecular formula is C14H18N2O3S. The molecule has 2 amide bonds. The minimum atomic E-state index is -0.957. The molecule has 1 saturated carbocycles. The van der Waals surface area contributed by atoms with Crippen LogP contribution in [0.1, 0.15) is 35.7 Å². The molecule has 2 N–H and O–H groups in total. The fourth-order valence-corrected chi connectivity index (χ4v) is 3.60. The van der Waals surface area contributed by atoms with Gasteiger partial charge in [0.1, 0.15) is 0 Å². The van der Waals surface area contributed by atoms with Gasteiger partial charge < -0.3 is 15.3 Å². The van der Waals surface area contributed by atoms with E-state index in [-0.39, 0.29) is 6.03 Å². The topological polar surface area (TPSA) is 69.6 Å². The van der Waals surface area contributed by atoms with E-state index in [4.69, 9.17) is 0 Å². The normalized spacial score (nSPS) is 21.4.